The van der Waals surface area contributed by atoms with Crippen molar-refractivity contribution < 1.29 is 4.79 Å². The monoisotopic (exact) mass is 313 g/mol. The average Bonchev–Trinajstić information content (AvgIpc) is 2.53. The van der Waals surface area contributed by atoms with E-state index in [0.29, 0.717) is 16.3 Å². The first-order chi connectivity index (χ1) is 10.6. The molecule has 2 N–H and O–H groups in total. The predicted octanol–water partition coefficient (Wildman–Crippen LogP) is 3.50. The number of carbonyl (C=O) groups excluding carboxylic acids is 1. The molecule has 0 aliphatic carbocycles. The van der Waals surface area contributed by atoms with Gasteiger partial charge in [-0.1, -0.05) is 41.9 Å². The van der Waals surface area contributed by atoms with Gasteiger partial charge in [0.2, 0.25) is 5.91 Å². The number of nitriles is 1. The number of nitrogens with one attached hydrogen (secondary N) is 2. The van der Waals surface area contributed by atoms with Crippen LogP contribution < -0.4 is 10.6 Å². The third kappa shape index (κ3) is 4.32. The van der Waals surface area contributed by atoms with E-state index < -0.39 is 0 Å². The van der Waals surface area contributed by atoms with E-state index in [2.05, 4.69) is 10.6 Å². The van der Waals surface area contributed by atoms with E-state index in [-0.39, 0.29) is 18.5 Å². The lowest BCUT2D eigenvalue weighted by molar-refractivity contribution is -0.115. The second kappa shape index (κ2) is 7.60. The molecule has 0 aliphatic heterocycles. The van der Waals surface area contributed by atoms with Gasteiger partial charge in [0, 0.05) is 11.7 Å². The summed E-state index contributed by atoms with van der Waals surface area (Å²) in [5.74, 6) is -0.163. The van der Waals surface area contributed by atoms with Gasteiger partial charge in [-0.15, -0.1) is 0 Å². The van der Waals surface area contributed by atoms with Crippen molar-refractivity contribution in [3.05, 3.63) is 64.7 Å². The predicted molar refractivity (Wildman–Crippen MR) is 87.7 cm³/mol. The standard InChI is InChI=1S/C17H16ClN3O/c1-12(13-5-3-2-4-6-13)20-11-17(22)21-15-8-7-14(10-19)16(18)9-15/h2-9,12,20H,11H2,1H3,(H,21,22)/t12-/m0/s1. The summed E-state index contributed by atoms with van der Waals surface area (Å²) in [4.78, 5) is 11.9. The highest BCUT2D eigenvalue weighted by Gasteiger charge is 2.08. The van der Waals surface area contributed by atoms with Crippen LogP contribution in [0.1, 0.15) is 24.1 Å². The highest BCUT2D eigenvalue weighted by atomic mass is 35.5. The molecular weight excluding hydrogens is 298 g/mol. The molecule has 0 radical (unpaired) electrons. The summed E-state index contributed by atoms with van der Waals surface area (Å²) in [7, 11) is 0. The third-order valence-electron chi connectivity index (χ3n) is 3.24. The van der Waals surface area contributed by atoms with Crippen LogP contribution in [0.3, 0.4) is 0 Å². The Morgan fingerprint density at radius 1 is 1.27 bits per heavy atom. The Morgan fingerprint density at radius 2 is 2.00 bits per heavy atom. The molecule has 0 unspecified atom stereocenters. The van der Waals surface area contributed by atoms with Gasteiger partial charge in [0.05, 0.1) is 17.1 Å². The van der Waals surface area contributed by atoms with E-state index in [1.807, 2.05) is 43.3 Å². The van der Waals surface area contributed by atoms with E-state index in [0.717, 1.165) is 5.56 Å². The van der Waals surface area contributed by atoms with E-state index in [1.54, 1.807) is 18.2 Å². The van der Waals surface area contributed by atoms with Crippen LogP contribution in [0.25, 0.3) is 0 Å². The van der Waals surface area contributed by atoms with Crippen molar-refractivity contribution in [1.29, 1.82) is 5.26 Å². The number of hydrogen-bond acceptors (Lipinski definition) is 3. The fraction of sp³-hybridized carbons (Fsp3) is 0.176. The van der Waals surface area contributed by atoms with Crippen molar-refractivity contribution in [3.63, 3.8) is 0 Å². The van der Waals surface area contributed by atoms with Crippen LogP contribution in [-0.4, -0.2) is 12.5 Å². The normalized spacial score (nSPS) is 11.5. The van der Waals surface area contributed by atoms with Crippen LogP contribution in [0.5, 0.6) is 0 Å². The van der Waals surface area contributed by atoms with Crippen LogP contribution in [0.4, 0.5) is 5.69 Å². The zero-order valence-corrected chi connectivity index (χ0v) is 12.9. The molecule has 1 atom stereocenters. The van der Waals surface area contributed by atoms with E-state index >= 15 is 0 Å². The first-order valence-electron chi connectivity index (χ1n) is 6.88. The van der Waals surface area contributed by atoms with Gasteiger partial charge < -0.3 is 10.6 Å². The second-order valence-electron chi connectivity index (χ2n) is 4.87. The fourth-order valence-corrected chi connectivity index (χ4v) is 2.22. The summed E-state index contributed by atoms with van der Waals surface area (Å²) < 4.78 is 0. The van der Waals surface area contributed by atoms with Crippen molar-refractivity contribution in [1.82, 2.24) is 5.32 Å². The van der Waals surface area contributed by atoms with Crippen molar-refractivity contribution >= 4 is 23.2 Å². The molecule has 0 aromatic heterocycles. The molecule has 2 rings (SSSR count). The summed E-state index contributed by atoms with van der Waals surface area (Å²) in [6.45, 7) is 2.19. The molecule has 1 amide bonds. The summed E-state index contributed by atoms with van der Waals surface area (Å²) in [6, 6.07) is 16.8. The highest BCUT2D eigenvalue weighted by molar-refractivity contribution is 6.32. The first kappa shape index (κ1) is 16.0. The molecule has 0 fully saturated rings. The summed E-state index contributed by atoms with van der Waals surface area (Å²) >= 11 is 5.93. The van der Waals surface area contributed by atoms with Gasteiger partial charge >= 0.3 is 0 Å². The van der Waals surface area contributed by atoms with E-state index in [4.69, 9.17) is 16.9 Å². The van der Waals surface area contributed by atoms with Gasteiger partial charge in [-0.25, -0.2) is 0 Å². The number of benzene rings is 2. The Balaban J connectivity index is 1.88. The molecular formula is C17H16ClN3O. The minimum atomic E-state index is -0.163. The lowest BCUT2D eigenvalue weighted by atomic mass is 10.1. The first-order valence-corrected chi connectivity index (χ1v) is 7.26. The third-order valence-corrected chi connectivity index (χ3v) is 3.55. The molecule has 2 aromatic carbocycles. The molecule has 112 valence electrons. The maximum atomic E-state index is 11.9. The van der Waals surface area contributed by atoms with E-state index in [9.17, 15) is 4.79 Å². The van der Waals surface area contributed by atoms with Gasteiger partial charge in [0.15, 0.2) is 0 Å². The summed E-state index contributed by atoms with van der Waals surface area (Å²) in [5, 5.41) is 15.0. The Labute approximate surface area is 134 Å². The molecule has 2 aromatic rings. The smallest absolute Gasteiger partial charge is 0.238 e. The number of amides is 1. The van der Waals surface area contributed by atoms with Crippen LogP contribution in [0.2, 0.25) is 5.02 Å². The fourth-order valence-electron chi connectivity index (χ4n) is 1.99. The Bertz CT molecular complexity index is 695. The molecule has 0 bridgehead atoms. The minimum absolute atomic E-state index is 0.0801. The Kier molecular flexibility index (Phi) is 5.54. The van der Waals surface area contributed by atoms with Gasteiger partial charge in [0.25, 0.3) is 0 Å². The number of carbonyl (C=O) groups is 1. The van der Waals surface area contributed by atoms with Crippen LogP contribution >= 0.6 is 11.6 Å². The van der Waals surface area contributed by atoms with Crippen molar-refractivity contribution in [2.24, 2.45) is 0 Å². The average molecular weight is 314 g/mol. The number of hydrogen-bond donors (Lipinski definition) is 2. The van der Waals surface area contributed by atoms with Gasteiger partial charge in [-0.05, 0) is 30.7 Å². The molecule has 4 nitrogen and oxygen atoms in total. The number of anilines is 1. The number of rotatable bonds is 5. The Morgan fingerprint density at radius 3 is 2.64 bits per heavy atom. The molecule has 0 heterocycles. The molecule has 5 heteroatoms. The lowest BCUT2D eigenvalue weighted by Crippen LogP contribution is -2.30. The van der Waals surface area contributed by atoms with Crippen LogP contribution in [0, 0.1) is 11.3 Å². The van der Waals surface area contributed by atoms with Crippen LogP contribution in [0.15, 0.2) is 48.5 Å². The Hall–Kier alpha value is -2.35. The van der Waals surface area contributed by atoms with Gasteiger partial charge in [0.1, 0.15) is 6.07 Å². The van der Waals surface area contributed by atoms with Gasteiger partial charge in [-0.3, -0.25) is 4.79 Å². The molecule has 0 aliphatic rings. The van der Waals surface area contributed by atoms with Crippen LogP contribution in [-0.2, 0) is 4.79 Å². The largest absolute Gasteiger partial charge is 0.325 e. The molecule has 0 spiro atoms. The SMILES string of the molecule is C[C@H](NCC(=O)Nc1ccc(C#N)c(Cl)c1)c1ccccc1. The number of halogens is 1. The zero-order valence-electron chi connectivity index (χ0n) is 12.1. The lowest BCUT2D eigenvalue weighted by Gasteiger charge is -2.14. The maximum absolute atomic E-state index is 11.9. The maximum Gasteiger partial charge on any atom is 0.238 e. The molecule has 22 heavy (non-hydrogen) atoms. The van der Waals surface area contributed by atoms with Gasteiger partial charge in [-0.2, -0.15) is 5.26 Å². The summed E-state index contributed by atoms with van der Waals surface area (Å²) in [6.07, 6.45) is 0. The minimum Gasteiger partial charge on any atom is -0.325 e. The second-order valence-corrected chi connectivity index (χ2v) is 5.28. The van der Waals surface area contributed by atoms with Crippen molar-refractivity contribution in [2.75, 3.05) is 11.9 Å². The van der Waals surface area contributed by atoms with E-state index in [1.165, 1.54) is 0 Å². The highest BCUT2D eigenvalue weighted by Crippen LogP contribution is 2.20. The summed E-state index contributed by atoms with van der Waals surface area (Å²) in [5.41, 5.74) is 2.08. The van der Waals surface area contributed by atoms with Crippen molar-refractivity contribution in [2.45, 2.75) is 13.0 Å². The molecule has 0 saturated heterocycles. The zero-order chi connectivity index (χ0) is 15.9. The number of nitrogens with zero attached hydrogens (tertiary/aromatic N) is 1. The topological polar surface area (TPSA) is 64.9 Å². The molecule has 0 saturated carbocycles. The quantitative estimate of drug-likeness (QED) is 0.888. The van der Waals surface area contributed by atoms with Crippen molar-refractivity contribution in [3.8, 4) is 6.07 Å².